The minimum Gasteiger partial charge on any atom is -0.206 e. The van der Waals surface area contributed by atoms with Crippen LogP contribution in [0.2, 0.25) is 0 Å². The second kappa shape index (κ2) is 7.86. The maximum atomic E-state index is 14.8. The van der Waals surface area contributed by atoms with Gasteiger partial charge in [-0.3, -0.25) is 0 Å². The summed E-state index contributed by atoms with van der Waals surface area (Å²) < 4.78 is 42.6. The summed E-state index contributed by atoms with van der Waals surface area (Å²) in [5, 5.41) is 1.94. The Morgan fingerprint density at radius 2 is 1.81 bits per heavy atom. The van der Waals surface area contributed by atoms with Gasteiger partial charge in [0.05, 0.1) is 5.16 Å². The summed E-state index contributed by atoms with van der Waals surface area (Å²) in [5.74, 6) is 3.87. The van der Waals surface area contributed by atoms with E-state index < -0.39 is 17.3 Å². The van der Waals surface area contributed by atoms with Gasteiger partial charge in [-0.25, -0.2) is 13.2 Å². The quantitative estimate of drug-likeness (QED) is 0.361. The van der Waals surface area contributed by atoms with Crippen LogP contribution in [-0.4, -0.2) is 5.16 Å². The van der Waals surface area contributed by atoms with Gasteiger partial charge in [-0.1, -0.05) is 31.3 Å². The number of hydrogen-bond donors (Lipinski definition) is 0. The first kappa shape index (κ1) is 18.4. The number of aliphatic imine (C=N–C) groups is 1. The number of aryl methyl sites for hydroxylation is 1. The lowest BCUT2D eigenvalue weighted by atomic mass is 9.97. The normalized spacial score (nSPS) is 12.9. The molecule has 3 rings (SSSR count). The van der Waals surface area contributed by atoms with Gasteiger partial charge in [-0.2, -0.15) is 4.99 Å². The molecule has 0 aromatic heterocycles. The fourth-order valence-electron chi connectivity index (χ4n) is 2.91. The van der Waals surface area contributed by atoms with Gasteiger partial charge in [0.25, 0.3) is 0 Å². The number of hydrogen-bond acceptors (Lipinski definition) is 2. The number of nitrogens with zero attached hydrogens (tertiary/aromatic N) is 1. The molecule has 132 valence electrons. The molecule has 0 saturated heterocycles. The van der Waals surface area contributed by atoms with Crippen LogP contribution in [0.4, 0.5) is 18.9 Å². The van der Waals surface area contributed by atoms with Crippen molar-refractivity contribution in [3.05, 3.63) is 64.0 Å². The number of rotatable bonds is 4. The van der Waals surface area contributed by atoms with Crippen molar-refractivity contribution < 1.29 is 13.2 Å². The van der Waals surface area contributed by atoms with Gasteiger partial charge in [-0.15, -0.1) is 0 Å². The fraction of sp³-hybridized carbons (Fsp3) is 0.286. The Hall–Kier alpha value is -2.41. The van der Waals surface area contributed by atoms with E-state index in [2.05, 4.69) is 29.1 Å². The second-order valence-electron chi connectivity index (χ2n) is 6.27. The van der Waals surface area contributed by atoms with Gasteiger partial charge in [0.15, 0.2) is 11.6 Å². The second-order valence-corrected chi connectivity index (χ2v) is 6.45. The molecule has 0 radical (unpaired) electrons. The lowest BCUT2D eigenvalue weighted by Crippen LogP contribution is -1.99. The van der Waals surface area contributed by atoms with E-state index in [1.807, 2.05) is 12.1 Å². The SMILES string of the molecule is CCCc1ccc(C#Cc2cc(F)c(N=C=S)c(F)c2)c(C2CC2)c1F. The number of halogens is 3. The molecule has 5 heteroatoms. The van der Waals surface area contributed by atoms with Crippen LogP contribution >= 0.6 is 12.2 Å². The molecular formula is C21H16F3NS. The van der Waals surface area contributed by atoms with Gasteiger partial charge >= 0.3 is 0 Å². The Kier molecular flexibility index (Phi) is 5.56. The van der Waals surface area contributed by atoms with Crippen LogP contribution in [0, 0.1) is 29.3 Å². The molecule has 1 fully saturated rings. The molecule has 1 aliphatic rings. The predicted molar refractivity (Wildman–Crippen MR) is 99.4 cm³/mol. The summed E-state index contributed by atoms with van der Waals surface area (Å²) in [6.45, 7) is 2.00. The van der Waals surface area contributed by atoms with E-state index >= 15 is 0 Å². The van der Waals surface area contributed by atoms with Crippen molar-refractivity contribution in [2.24, 2.45) is 4.99 Å². The van der Waals surface area contributed by atoms with E-state index in [-0.39, 0.29) is 17.3 Å². The zero-order valence-corrected chi connectivity index (χ0v) is 15.0. The Bertz CT molecular complexity index is 938. The average molecular weight is 371 g/mol. The molecule has 1 nitrogen and oxygen atoms in total. The van der Waals surface area contributed by atoms with Crippen LogP contribution in [0.1, 0.15) is 54.4 Å². The Balaban J connectivity index is 2.00. The van der Waals surface area contributed by atoms with E-state index in [4.69, 9.17) is 0 Å². The van der Waals surface area contributed by atoms with E-state index in [0.29, 0.717) is 23.1 Å². The maximum absolute atomic E-state index is 14.8. The van der Waals surface area contributed by atoms with Gasteiger partial charge < -0.3 is 0 Å². The fourth-order valence-corrected chi connectivity index (χ4v) is 3.00. The third-order valence-corrected chi connectivity index (χ3v) is 4.37. The number of isothiocyanates is 1. The van der Waals surface area contributed by atoms with Crippen molar-refractivity contribution in [2.45, 2.75) is 38.5 Å². The smallest absolute Gasteiger partial charge is 0.153 e. The third-order valence-electron chi connectivity index (χ3n) is 4.28. The van der Waals surface area contributed by atoms with Crippen molar-refractivity contribution in [1.29, 1.82) is 0 Å². The molecule has 2 aromatic carbocycles. The van der Waals surface area contributed by atoms with Crippen molar-refractivity contribution >= 4 is 23.1 Å². The van der Waals surface area contributed by atoms with Crippen molar-refractivity contribution in [3.63, 3.8) is 0 Å². The van der Waals surface area contributed by atoms with Gasteiger partial charge in [0, 0.05) is 16.7 Å². The van der Waals surface area contributed by atoms with E-state index in [9.17, 15) is 13.2 Å². The van der Waals surface area contributed by atoms with Crippen LogP contribution in [-0.2, 0) is 6.42 Å². The summed E-state index contributed by atoms with van der Waals surface area (Å²) in [7, 11) is 0. The van der Waals surface area contributed by atoms with Crippen LogP contribution in [0.3, 0.4) is 0 Å². The van der Waals surface area contributed by atoms with Crippen LogP contribution in [0.15, 0.2) is 29.3 Å². The zero-order valence-electron chi connectivity index (χ0n) is 14.2. The molecule has 26 heavy (non-hydrogen) atoms. The monoisotopic (exact) mass is 371 g/mol. The molecule has 0 heterocycles. The molecule has 0 bridgehead atoms. The first-order chi connectivity index (χ1) is 12.5. The molecule has 1 aliphatic carbocycles. The highest BCUT2D eigenvalue weighted by Gasteiger charge is 2.29. The van der Waals surface area contributed by atoms with E-state index in [1.54, 1.807) is 12.1 Å². The Morgan fingerprint density at radius 3 is 2.38 bits per heavy atom. The lowest BCUT2D eigenvalue weighted by Gasteiger charge is -2.09. The largest absolute Gasteiger partial charge is 0.206 e. The summed E-state index contributed by atoms with van der Waals surface area (Å²) in [4.78, 5) is 3.37. The third kappa shape index (κ3) is 3.88. The number of benzene rings is 2. The van der Waals surface area contributed by atoms with Crippen LogP contribution in [0.25, 0.3) is 0 Å². The molecule has 0 spiro atoms. The first-order valence-corrected chi connectivity index (χ1v) is 8.86. The molecular weight excluding hydrogens is 355 g/mol. The maximum Gasteiger partial charge on any atom is 0.153 e. The molecule has 0 N–H and O–H groups in total. The molecule has 0 unspecified atom stereocenters. The minimum atomic E-state index is -0.862. The standard InChI is InChI=1S/C21H16F3NS/c1-2-3-16-9-8-14(19(20(16)24)15-6-7-15)5-4-13-10-17(22)21(25-12-26)18(23)11-13/h8-11,15H,2-3,6-7H2,1H3. The molecule has 0 atom stereocenters. The summed E-state index contributed by atoms with van der Waals surface area (Å²) in [5.41, 5.74) is 1.57. The average Bonchev–Trinajstić information content (AvgIpc) is 3.43. The first-order valence-electron chi connectivity index (χ1n) is 8.45. The zero-order chi connectivity index (χ0) is 18.7. The Labute approximate surface area is 156 Å². The van der Waals surface area contributed by atoms with Gasteiger partial charge in [0.2, 0.25) is 0 Å². The Morgan fingerprint density at radius 1 is 1.12 bits per heavy atom. The molecule has 2 aromatic rings. The van der Waals surface area contributed by atoms with Crippen molar-refractivity contribution in [3.8, 4) is 11.8 Å². The van der Waals surface area contributed by atoms with E-state index in [1.165, 1.54) is 0 Å². The lowest BCUT2D eigenvalue weighted by molar-refractivity contribution is 0.587. The van der Waals surface area contributed by atoms with Crippen molar-refractivity contribution in [2.75, 3.05) is 0 Å². The summed E-state index contributed by atoms with van der Waals surface area (Å²) >= 11 is 4.37. The summed E-state index contributed by atoms with van der Waals surface area (Å²) in [6, 6.07) is 5.71. The minimum absolute atomic E-state index is 0.156. The highest BCUT2D eigenvalue weighted by molar-refractivity contribution is 7.78. The summed E-state index contributed by atoms with van der Waals surface area (Å²) in [6.07, 6.45) is 3.42. The molecule has 0 amide bonds. The van der Waals surface area contributed by atoms with E-state index in [0.717, 1.165) is 31.4 Å². The molecule has 0 aliphatic heterocycles. The molecule has 1 saturated carbocycles. The van der Waals surface area contributed by atoms with Gasteiger partial charge in [-0.05, 0) is 61.2 Å². The van der Waals surface area contributed by atoms with Crippen LogP contribution < -0.4 is 0 Å². The highest BCUT2D eigenvalue weighted by Crippen LogP contribution is 2.43. The predicted octanol–water partition coefficient (Wildman–Crippen LogP) is 6.07. The van der Waals surface area contributed by atoms with Gasteiger partial charge in [0.1, 0.15) is 11.5 Å². The highest BCUT2D eigenvalue weighted by atomic mass is 32.1. The van der Waals surface area contributed by atoms with Crippen LogP contribution in [0.5, 0.6) is 0 Å². The van der Waals surface area contributed by atoms with Crippen molar-refractivity contribution in [1.82, 2.24) is 0 Å². The topological polar surface area (TPSA) is 12.4 Å². The number of thiocarbonyl (C=S) groups is 1.